The highest BCUT2D eigenvalue weighted by atomic mass is 16.3. The number of para-hydroxylation sites is 1. The maximum Gasteiger partial charge on any atom is 0.255 e. The van der Waals surface area contributed by atoms with E-state index in [1.54, 1.807) is 18.2 Å². The zero-order valence-corrected chi connectivity index (χ0v) is 9.94. The van der Waals surface area contributed by atoms with Crippen molar-refractivity contribution in [1.82, 2.24) is 5.32 Å². The van der Waals surface area contributed by atoms with Crippen molar-refractivity contribution in [3.63, 3.8) is 0 Å². The van der Waals surface area contributed by atoms with Crippen LogP contribution in [0.1, 0.15) is 36.5 Å². The van der Waals surface area contributed by atoms with Crippen molar-refractivity contribution in [2.45, 2.75) is 32.2 Å². The lowest BCUT2D eigenvalue weighted by Gasteiger charge is -2.14. The fraction of sp³-hybridized carbons (Fsp3) is 0.462. The van der Waals surface area contributed by atoms with Crippen LogP contribution in [0.15, 0.2) is 18.2 Å². The van der Waals surface area contributed by atoms with Gasteiger partial charge in [-0.25, -0.2) is 0 Å². The fourth-order valence-corrected chi connectivity index (χ4v) is 1.96. The van der Waals surface area contributed by atoms with Crippen molar-refractivity contribution in [2.75, 3.05) is 5.73 Å². The van der Waals surface area contributed by atoms with Crippen molar-refractivity contribution < 1.29 is 9.90 Å². The van der Waals surface area contributed by atoms with Crippen LogP contribution >= 0.6 is 0 Å². The molecular weight excluding hydrogens is 216 g/mol. The minimum Gasteiger partial charge on any atom is -0.505 e. The molecule has 1 unspecified atom stereocenters. The van der Waals surface area contributed by atoms with Crippen molar-refractivity contribution >= 4 is 11.6 Å². The maximum absolute atomic E-state index is 11.9. The number of benzene rings is 1. The molecule has 0 radical (unpaired) electrons. The molecule has 1 atom stereocenters. The number of anilines is 1. The Morgan fingerprint density at radius 3 is 2.94 bits per heavy atom. The molecule has 1 fully saturated rings. The fourth-order valence-electron chi connectivity index (χ4n) is 1.96. The average molecular weight is 234 g/mol. The highest BCUT2D eigenvalue weighted by Crippen LogP contribution is 2.33. The van der Waals surface area contributed by atoms with E-state index < -0.39 is 0 Å². The highest BCUT2D eigenvalue weighted by Gasteiger charge is 2.24. The minimum absolute atomic E-state index is 0.135. The van der Waals surface area contributed by atoms with E-state index in [2.05, 4.69) is 5.32 Å². The molecule has 0 aromatic heterocycles. The van der Waals surface area contributed by atoms with Crippen LogP contribution in [-0.2, 0) is 0 Å². The molecule has 0 aliphatic heterocycles. The summed E-state index contributed by atoms with van der Waals surface area (Å²) in [5.74, 6) is 0.367. The Morgan fingerprint density at radius 2 is 2.29 bits per heavy atom. The first-order valence-electron chi connectivity index (χ1n) is 5.96. The van der Waals surface area contributed by atoms with Crippen LogP contribution in [0.3, 0.4) is 0 Å². The van der Waals surface area contributed by atoms with Gasteiger partial charge >= 0.3 is 0 Å². The highest BCUT2D eigenvalue weighted by molar-refractivity contribution is 5.98. The molecule has 92 valence electrons. The molecule has 1 saturated carbocycles. The Balaban J connectivity index is 2.00. The normalized spacial score (nSPS) is 16.5. The van der Waals surface area contributed by atoms with Crippen LogP contribution in [0.2, 0.25) is 0 Å². The molecule has 1 aromatic rings. The standard InChI is InChI=1S/C13H18N2O2/c1-8(7-9-5-6-9)15-13(17)10-3-2-4-11(14)12(10)16/h2-4,8-9,16H,5-7,14H2,1H3,(H,15,17). The van der Waals surface area contributed by atoms with E-state index in [1.807, 2.05) is 6.92 Å². The van der Waals surface area contributed by atoms with Crippen LogP contribution in [-0.4, -0.2) is 17.1 Å². The van der Waals surface area contributed by atoms with Gasteiger partial charge in [0.05, 0.1) is 11.3 Å². The summed E-state index contributed by atoms with van der Waals surface area (Å²) in [6.07, 6.45) is 3.54. The molecular formula is C13H18N2O2. The van der Waals surface area contributed by atoms with Crippen molar-refractivity contribution in [3.8, 4) is 5.75 Å². The largest absolute Gasteiger partial charge is 0.505 e. The van der Waals surface area contributed by atoms with Crippen molar-refractivity contribution in [3.05, 3.63) is 23.8 Å². The SMILES string of the molecule is CC(CC1CC1)NC(=O)c1cccc(N)c1O. The topological polar surface area (TPSA) is 75.4 Å². The van der Waals surface area contributed by atoms with Crippen molar-refractivity contribution in [2.24, 2.45) is 5.92 Å². The van der Waals surface area contributed by atoms with E-state index in [1.165, 1.54) is 12.8 Å². The first kappa shape index (κ1) is 11.8. The summed E-state index contributed by atoms with van der Waals surface area (Å²) in [5, 5.41) is 12.6. The van der Waals surface area contributed by atoms with Gasteiger partial charge in [-0.15, -0.1) is 0 Å². The first-order valence-corrected chi connectivity index (χ1v) is 5.96. The van der Waals surface area contributed by atoms with Crippen LogP contribution in [0.5, 0.6) is 5.75 Å². The Bertz CT molecular complexity index is 427. The molecule has 4 N–H and O–H groups in total. The molecule has 1 aliphatic carbocycles. The zero-order chi connectivity index (χ0) is 12.4. The molecule has 4 heteroatoms. The van der Waals surface area contributed by atoms with Gasteiger partial charge in [-0.05, 0) is 31.4 Å². The Hall–Kier alpha value is -1.71. The second-order valence-electron chi connectivity index (χ2n) is 4.80. The summed E-state index contributed by atoms with van der Waals surface area (Å²) >= 11 is 0. The monoisotopic (exact) mass is 234 g/mol. The van der Waals surface area contributed by atoms with E-state index in [9.17, 15) is 9.90 Å². The zero-order valence-electron chi connectivity index (χ0n) is 9.94. The van der Waals surface area contributed by atoms with Crippen LogP contribution < -0.4 is 11.1 Å². The summed E-state index contributed by atoms with van der Waals surface area (Å²) in [7, 11) is 0. The number of phenols is 1. The number of amides is 1. The summed E-state index contributed by atoms with van der Waals surface area (Å²) in [6.45, 7) is 1.99. The summed E-state index contributed by atoms with van der Waals surface area (Å²) in [6, 6.07) is 4.94. The maximum atomic E-state index is 11.9. The number of nitrogen functional groups attached to an aromatic ring is 1. The number of carbonyl (C=O) groups excluding carboxylic acids is 1. The van der Waals surface area contributed by atoms with Gasteiger partial charge < -0.3 is 16.2 Å². The lowest BCUT2D eigenvalue weighted by Crippen LogP contribution is -2.32. The Kier molecular flexibility index (Phi) is 3.22. The van der Waals surface area contributed by atoms with Gasteiger partial charge in [0, 0.05) is 6.04 Å². The molecule has 0 spiro atoms. The Morgan fingerprint density at radius 1 is 1.59 bits per heavy atom. The van der Waals surface area contributed by atoms with Gasteiger partial charge in [-0.3, -0.25) is 4.79 Å². The number of nitrogens with two attached hydrogens (primary N) is 1. The third-order valence-corrected chi connectivity index (χ3v) is 3.07. The van der Waals surface area contributed by atoms with E-state index >= 15 is 0 Å². The number of aromatic hydroxyl groups is 1. The third kappa shape index (κ3) is 2.90. The predicted octanol–water partition coefficient (Wildman–Crippen LogP) is 1.89. The van der Waals surface area contributed by atoms with E-state index in [-0.39, 0.29) is 28.9 Å². The van der Waals surface area contributed by atoms with E-state index in [0.717, 1.165) is 12.3 Å². The molecule has 1 amide bonds. The van der Waals surface area contributed by atoms with Gasteiger partial charge in [0.2, 0.25) is 0 Å². The summed E-state index contributed by atoms with van der Waals surface area (Å²) in [4.78, 5) is 11.9. The third-order valence-electron chi connectivity index (χ3n) is 3.07. The van der Waals surface area contributed by atoms with Crippen LogP contribution in [0, 0.1) is 5.92 Å². The van der Waals surface area contributed by atoms with Gasteiger partial charge in [0.25, 0.3) is 5.91 Å². The molecule has 1 aliphatic rings. The lowest BCUT2D eigenvalue weighted by molar-refractivity contribution is 0.0935. The van der Waals surface area contributed by atoms with Gasteiger partial charge in [-0.1, -0.05) is 18.9 Å². The number of hydrogen-bond donors (Lipinski definition) is 3. The van der Waals surface area contributed by atoms with E-state index in [0.29, 0.717) is 0 Å². The minimum atomic E-state index is -0.261. The smallest absolute Gasteiger partial charge is 0.255 e. The van der Waals surface area contributed by atoms with Crippen molar-refractivity contribution in [1.29, 1.82) is 0 Å². The van der Waals surface area contributed by atoms with Crippen LogP contribution in [0.4, 0.5) is 5.69 Å². The van der Waals surface area contributed by atoms with Gasteiger partial charge in [0.1, 0.15) is 0 Å². The summed E-state index contributed by atoms with van der Waals surface area (Å²) < 4.78 is 0. The molecule has 0 heterocycles. The predicted molar refractivity (Wildman–Crippen MR) is 66.8 cm³/mol. The molecule has 0 bridgehead atoms. The van der Waals surface area contributed by atoms with Gasteiger partial charge in [0.15, 0.2) is 5.75 Å². The number of hydrogen-bond acceptors (Lipinski definition) is 3. The second-order valence-corrected chi connectivity index (χ2v) is 4.80. The molecule has 2 rings (SSSR count). The Labute approximate surface area is 101 Å². The van der Waals surface area contributed by atoms with E-state index in [4.69, 9.17) is 5.73 Å². The quantitative estimate of drug-likeness (QED) is 0.550. The van der Waals surface area contributed by atoms with Gasteiger partial charge in [-0.2, -0.15) is 0 Å². The molecule has 17 heavy (non-hydrogen) atoms. The second kappa shape index (κ2) is 4.65. The first-order chi connectivity index (χ1) is 8.08. The number of phenolic OH excluding ortho intramolecular Hbond substituents is 1. The summed E-state index contributed by atoms with van der Waals surface area (Å²) in [5.41, 5.74) is 6.02. The number of nitrogens with one attached hydrogen (secondary N) is 1. The van der Waals surface area contributed by atoms with Crippen LogP contribution in [0.25, 0.3) is 0 Å². The lowest BCUT2D eigenvalue weighted by atomic mass is 10.1. The molecule has 1 aromatic carbocycles. The number of rotatable bonds is 4. The molecule has 0 saturated heterocycles. The molecule has 4 nitrogen and oxygen atoms in total. The average Bonchev–Trinajstić information content (AvgIpc) is 3.05. The number of carbonyl (C=O) groups is 1.